The molecule has 0 saturated carbocycles. The molecule has 2 aromatic heterocycles. The molecule has 2 heterocycles. The molecule has 17 heavy (non-hydrogen) atoms. The van der Waals surface area contributed by atoms with Crippen molar-refractivity contribution in [3.05, 3.63) is 56.6 Å². The van der Waals surface area contributed by atoms with Gasteiger partial charge < -0.3 is 9.67 Å². The first-order valence-electron chi connectivity index (χ1n) is 5.12. The van der Waals surface area contributed by atoms with Gasteiger partial charge in [-0.05, 0) is 12.1 Å². The lowest BCUT2D eigenvalue weighted by molar-refractivity contribution is 0.350. The normalized spacial score (nSPS) is 9.71. The average Bonchev–Trinajstić information content (AvgIpc) is 2.77. The number of hydrogen-bond donors (Lipinski definition) is 1. The smallest absolute Gasteiger partial charge is 0.181 e. The molecule has 0 radical (unpaired) electrons. The van der Waals surface area contributed by atoms with E-state index in [1.807, 2.05) is 16.7 Å². The van der Waals surface area contributed by atoms with E-state index in [0.29, 0.717) is 0 Å². The van der Waals surface area contributed by atoms with Crippen molar-refractivity contribution in [2.45, 2.75) is 6.54 Å². The predicted octanol–water partition coefficient (Wildman–Crippen LogP) is 1.30. The standard InChI is InChI=1S/C13H11NO2S/c15-9-1-2-12-3-4-13(17-12)10-14-7-5-11(16)6-8-14/h3-8,15H,9-10H2. The third-order valence-corrected chi connectivity index (χ3v) is 3.14. The molecule has 4 heteroatoms. The van der Waals surface area contributed by atoms with Crippen LogP contribution in [-0.2, 0) is 6.54 Å². The molecule has 2 aromatic rings. The van der Waals surface area contributed by atoms with E-state index in [9.17, 15) is 4.79 Å². The quantitative estimate of drug-likeness (QED) is 0.810. The Kier molecular flexibility index (Phi) is 3.76. The van der Waals surface area contributed by atoms with Gasteiger partial charge in [0.05, 0.1) is 11.4 Å². The van der Waals surface area contributed by atoms with Gasteiger partial charge in [0, 0.05) is 29.4 Å². The zero-order valence-electron chi connectivity index (χ0n) is 9.09. The minimum absolute atomic E-state index is 0.0157. The van der Waals surface area contributed by atoms with Crippen LogP contribution >= 0.6 is 11.3 Å². The molecule has 0 atom stereocenters. The van der Waals surface area contributed by atoms with Crippen molar-refractivity contribution in [1.82, 2.24) is 4.57 Å². The number of nitrogens with zero attached hydrogens (tertiary/aromatic N) is 1. The number of hydrogen-bond acceptors (Lipinski definition) is 3. The van der Waals surface area contributed by atoms with Gasteiger partial charge in [-0.15, -0.1) is 11.3 Å². The van der Waals surface area contributed by atoms with Gasteiger partial charge in [0.2, 0.25) is 0 Å². The zero-order valence-corrected chi connectivity index (χ0v) is 9.91. The van der Waals surface area contributed by atoms with Gasteiger partial charge in [0.1, 0.15) is 6.61 Å². The van der Waals surface area contributed by atoms with Crippen molar-refractivity contribution in [2.75, 3.05) is 6.61 Å². The van der Waals surface area contributed by atoms with Crippen LogP contribution in [0.1, 0.15) is 9.75 Å². The number of pyridine rings is 1. The Labute approximate surface area is 103 Å². The summed E-state index contributed by atoms with van der Waals surface area (Å²) >= 11 is 1.59. The topological polar surface area (TPSA) is 42.2 Å². The fourth-order valence-corrected chi connectivity index (χ4v) is 2.28. The van der Waals surface area contributed by atoms with Gasteiger partial charge in [-0.25, -0.2) is 0 Å². The molecule has 86 valence electrons. The summed E-state index contributed by atoms with van der Waals surface area (Å²) in [6.45, 7) is 0.610. The van der Waals surface area contributed by atoms with Crippen LogP contribution in [0.2, 0.25) is 0 Å². The van der Waals surface area contributed by atoms with Crippen molar-refractivity contribution >= 4 is 11.3 Å². The van der Waals surface area contributed by atoms with Crippen LogP contribution in [-0.4, -0.2) is 16.3 Å². The molecule has 0 aliphatic carbocycles. The Balaban J connectivity index is 2.11. The van der Waals surface area contributed by atoms with Crippen molar-refractivity contribution in [3.8, 4) is 11.8 Å². The lowest BCUT2D eigenvalue weighted by Crippen LogP contribution is -2.03. The van der Waals surface area contributed by atoms with Crippen molar-refractivity contribution in [1.29, 1.82) is 0 Å². The van der Waals surface area contributed by atoms with Crippen LogP contribution in [0.25, 0.3) is 0 Å². The largest absolute Gasteiger partial charge is 0.384 e. The van der Waals surface area contributed by atoms with Crippen LogP contribution in [0.4, 0.5) is 0 Å². The molecule has 0 bridgehead atoms. The molecule has 0 saturated heterocycles. The molecule has 0 spiro atoms. The number of aliphatic hydroxyl groups is 1. The van der Waals surface area contributed by atoms with E-state index < -0.39 is 0 Å². The van der Waals surface area contributed by atoms with Crippen molar-refractivity contribution in [3.63, 3.8) is 0 Å². The Morgan fingerprint density at radius 1 is 1.24 bits per heavy atom. The van der Waals surface area contributed by atoms with E-state index in [1.165, 1.54) is 0 Å². The SMILES string of the molecule is O=c1ccn(Cc2ccc(C#CCO)s2)cc1. The molecular weight excluding hydrogens is 234 g/mol. The van der Waals surface area contributed by atoms with Crippen LogP contribution in [0.3, 0.4) is 0 Å². The number of thiophene rings is 1. The lowest BCUT2D eigenvalue weighted by atomic mass is 10.4. The number of aromatic nitrogens is 1. The summed E-state index contributed by atoms with van der Waals surface area (Å²) in [5.74, 6) is 5.49. The van der Waals surface area contributed by atoms with Crippen molar-refractivity contribution < 1.29 is 5.11 Å². The Morgan fingerprint density at radius 2 is 2.00 bits per heavy atom. The molecule has 0 amide bonds. The van der Waals surface area contributed by atoms with Gasteiger partial charge >= 0.3 is 0 Å². The monoisotopic (exact) mass is 245 g/mol. The fraction of sp³-hybridized carbons (Fsp3) is 0.154. The summed E-state index contributed by atoms with van der Waals surface area (Å²) in [6, 6.07) is 7.02. The maximum Gasteiger partial charge on any atom is 0.181 e. The molecule has 1 N–H and O–H groups in total. The van der Waals surface area contributed by atoms with E-state index in [4.69, 9.17) is 5.11 Å². The highest BCUT2D eigenvalue weighted by Gasteiger charge is 1.98. The first-order valence-corrected chi connectivity index (χ1v) is 5.94. The first kappa shape index (κ1) is 11.6. The summed E-state index contributed by atoms with van der Waals surface area (Å²) < 4.78 is 1.94. The number of aliphatic hydroxyl groups excluding tert-OH is 1. The van der Waals surface area contributed by atoms with Crippen LogP contribution in [0.15, 0.2) is 41.5 Å². The minimum Gasteiger partial charge on any atom is -0.384 e. The highest BCUT2D eigenvalue weighted by molar-refractivity contribution is 7.12. The average molecular weight is 245 g/mol. The predicted molar refractivity (Wildman–Crippen MR) is 68.1 cm³/mol. The van der Waals surface area contributed by atoms with Gasteiger partial charge in [0.15, 0.2) is 5.43 Å². The number of rotatable bonds is 2. The molecule has 0 fully saturated rings. The zero-order chi connectivity index (χ0) is 12.1. The second-order valence-electron chi connectivity index (χ2n) is 3.43. The second-order valence-corrected chi connectivity index (χ2v) is 4.60. The van der Waals surface area contributed by atoms with Gasteiger partial charge in [-0.3, -0.25) is 4.79 Å². The van der Waals surface area contributed by atoms with Crippen molar-refractivity contribution in [2.24, 2.45) is 0 Å². The van der Waals surface area contributed by atoms with Gasteiger partial charge in [-0.1, -0.05) is 11.8 Å². The van der Waals surface area contributed by atoms with Gasteiger partial charge in [-0.2, -0.15) is 0 Å². The highest BCUT2D eigenvalue weighted by atomic mass is 32.1. The Hall–Kier alpha value is -1.83. The van der Waals surface area contributed by atoms with E-state index in [2.05, 4.69) is 11.8 Å². The summed E-state index contributed by atoms with van der Waals surface area (Å²) in [7, 11) is 0. The molecule has 0 aromatic carbocycles. The van der Waals surface area contributed by atoms with E-state index in [0.717, 1.165) is 16.3 Å². The Morgan fingerprint density at radius 3 is 2.71 bits per heavy atom. The highest BCUT2D eigenvalue weighted by Crippen LogP contribution is 2.16. The Bertz CT molecular complexity index is 596. The molecule has 3 nitrogen and oxygen atoms in total. The maximum atomic E-state index is 10.9. The van der Waals surface area contributed by atoms with Crippen LogP contribution in [0.5, 0.6) is 0 Å². The van der Waals surface area contributed by atoms with E-state index >= 15 is 0 Å². The molecule has 0 unspecified atom stereocenters. The minimum atomic E-state index is -0.118. The summed E-state index contributed by atoms with van der Waals surface area (Å²) in [5.41, 5.74) is 0.0157. The summed E-state index contributed by atoms with van der Waals surface area (Å²) in [5, 5.41) is 8.59. The molecular formula is C13H11NO2S. The lowest BCUT2D eigenvalue weighted by Gasteiger charge is -2.02. The second kappa shape index (κ2) is 5.48. The third-order valence-electron chi connectivity index (χ3n) is 2.15. The summed E-state index contributed by atoms with van der Waals surface area (Å²) in [6.07, 6.45) is 3.53. The first-order chi connectivity index (χ1) is 8.28. The van der Waals surface area contributed by atoms with E-state index in [-0.39, 0.29) is 12.0 Å². The van der Waals surface area contributed by atoms with Gasteiger partial charge in [0.25, 0.3) is 0 Å². The van der Waals surface area contributed by atoms with E-state index in [1.54, 1.807) is 35.9 Å². The van der Waals surface area contributed by atoms with Crippen LogP contribution in [0, 0.1) is 11.8 Å². The fourth-order valence-electron chi connectivity index (χ4n) is 1.39. The molecule has 0 aliphatic rings. The van der Waals surface area contributed by atoms with Crippen LogP contribution < -0.4 is 5.43 Å². The molecule has 0 aliphatic heterocycles. The third kappa shape index (κ3) is 3.31. The maximum absolute atomic E-state index is 10.9. The summed E-state index contributed by atoms with van der Waals surface area (Å²) in [4.78, 5) is 13.0. The molecule has 2 rings (SSSR count).